The van der Waals surface area contributed by atoms with Crippen LogP contribution in [0, 0.1) is 0 Å². The zero-order valence-electron chi connectivity index (χ0n) is 16.2. The van der Waals surface area contributed by atoms with Crippen LogP contribution < -0.4 is 15.4 Å². The molecule has 150 valence electrons. The number of nitrogens with one attached hydrogen (secondary N) is 2. The van der Waals surface area contributed by atoms with Gasteiger partial charge in [-0.05, 0) is 30.7 Å². The summed E-state index contributed by atoms with van der Waals surface area (Å²) in [6.45, 7) is 2.19. The first-order chi connectivity index (χ1) is 14.2. The molecule has 2 N–H and O–H groups in total. The van der Waals surface area contributed by atoms with E-state index >= 15 is 0 Å². The van der Waals surface area contributed by atoms with Gasteiger partial charge in [-0.25, -0.2) is 4.79 Å². The number of ether oxygens (including phenoxy) is 1. The molecule has 3 aromatic rings. The molecule has 8 nitrogen and oxygen atoms in total. The Morgan fingerprint density at radius 3 is 2.93 bits per heavy atom. The molecule has 29 heavy (non-hydrogen) atoms. The van der Waals surface area contributed by atoms with Crippen molar-refractivity contribution in [2.45, 2.75) is 19.0 Å². The van der Waals surface area contributed by atoms with Crippen molar-refractivity contribution in [2.24, 2.45) is 0 Å². The van der Waals surface area contributed by atoms with Crippen LogP contribution in [0.2, 0.25) is 0 Å². The second-order valence-electron chi connectivity index (χ2n) is 6.93. The molecule has 1 aromatic heterocycles. The van der Waals surface area contributed by atoms with E-state index in [0.717, 1.165) is 25.1 Å². The van der Waals surface area contributed by atoms with Crippen LogP contribution in [-0.2, 0) is 6.54 Å². The van der Waals surface area contributed by atoms with E-state index in [2.05, 4.69) is 25.7 Å². The third-order valence-corrected chi connectivity index (χ3v) is 4.79. The molecule has 1 fully saturated rings. The fourth-order valence-corrected chi connectivity index (χ4v) is 3.36. The van der Waals surface area contributed by atoms with Gasteiger partial charge in [0, 0.05) is 36.4 Å². The summed E-state index contributed by atoms with van der Waals surface area (Å²) < 4.78 is 10.5. The number of nitrogens with zero attached hydrogens (tertiary/aromatic N) is 3. The van der Waals surface area contributed by atoms with Crippen molar-refractivity contribution in [2.75, 3.05) is 25.5 Å². The predicted octanol–water partition coefficient (Wildman–Crippen LogP) is 3.14. The molecule has 4 rings (SSSR count). The Labute approximate surface area is 168 Å². The van der Waals surface area contributed by atoms with Crippen LogP contribution >= 0.6 is 0 Å². The van der Waals surface area contributed by atoms with Gasteiger partial charge in [0.1, 0.15) is 5.75 Å². The smallest absolute Gasteiger partial charge is 0.319 e. The Hall–Kier alpha value is -3.39. The largest absolute Gasteiger partial charge is 0.497 e. The Bertz CT molecular complexity index is 960. The predicted molar refractivity (Wildman–Crippen MR) is 109 cm³/mol. The normalized spacial score (nSPS) is 16.5. The van der Waals surface area contributed by atoms with Crippen LogP contribution in [0.4, 0.5) is 10.5 Å². The van der Waals surface area contributed by atoms with Crippen molar-refractivity contribution < 1.29 is 14.1 Å². The standard InChI is InChI=1S/C21H23N5O3/c1-28-18-9-5-8-16(12-18)22-21(27)23-17-10-11-26(13-17)14-19-24-20(29-25-19)15-6-3-2-4-7-15/h2-9,12,17H,10-11,13-14H2,1H3,(H2,22,23,27)/t17-/m1/s1. The SMILES string of the molecule is COc1cccc(NC(=O)N[C@@H]2CCN(Cc3noc(-c4ccccc4)n3)C2)c1. The highest BCUT2D eigenvalue weighted by molar-refractivity contribution is 5.89. The third-order valence-electron chi connectivity index (χ3n) is 4.79. The minimum atomic E-state index is -0.226. The minimum Gasteiger partial charge on any atom is -0.497 e. The van der Waals surface area contributed by atoms with Gasteiger partial charge in [0.15, 0.2) is 5.82 Å². The summed E-state index contributed by atoms with van der Waals surface area (Å²) in [4.78, 5) is 18.9. The molecule has 0 spiro atoms. The quantitative estimate of drug-likeness (QED) is 0.668. The third kappa shape index (κ3) is 4.91. The molecule has 1 saturated heterocycles. The summed E-state index contributed by atoms with van der Waals surface area (Å²) in [5, 5.41) is 9.93. The zero-order valence-corrected chi connectivity index (χ0v) is 16.2. The van der Waals surface area contributed by atoms with Gasteiger partial charge >= 0.3 is 6.03 Å². The first-order valence-electron chi connectivity index (χ1n) is 9.51. The van der Waals surface area contributed by atoms with Crippen LogP contribution in [0.15, 0.2) is 59.1 Å². The van der Waals surface area contributed by atoms with Crippen molar-refractivity contribution >= 4 is 11.7 Å². The summed E-state index contributed by atoms with van der Waals surface area (Å²) in [5.41, 5.74) is 1.60. The molecule has 0 bridgehead atoms. The van der Waals surface area contributed by atoms with Gasteiger partial charge in [-0.3, -0.25) is 4.90 Å². The van der Waals surface area contributed by atoms with Gasteiger partial charge in [0.2, 0.25) is 0 Å². The number of anilines is 1. The number of carbonyl (C=O) groups is 1. The first kappa shape index (κ1) is 18.9. The molecule has 0 aliphatic carbocycles. The fraction of sp³-hybridized carbons (Fsp3) is 0.286. The lowest BCUT2D eigenvalue weighted by Crippen LogP contribution is -2.39. The second-order valence-corrected chi connectivity index (χ2v) is 6.93. The maximum absolute atomic E-state index is 12.3. The number of hydrogen-bond donors (Lipinski definition) is 2. The molecule has 2 heterocycles. The van der Waals surface area contributed by atoms with Gasteiger partial charge in [0.25, 0.3) is 5.89 Å². The molecular formula is C21H23N5O3. The van der Waals surface area contributed by atoms with E-state index in [1.54, 1.807) is 13.2 Å². The summed E-state index contributed by atoms with van der Waals surface area (Å²) >= 11 is 0. The monoisotopic (exact) mass is 393 g/mol. The van der Waals surface area contributed by atoms with E-state index in [0.29, 0.717) is 29.7 Å². The van der Waals surface area contributed by atoms with E-state index in [1.807, 2.05) is 48.5 Å². The average Bonchev–Trinajstić information content (AvgIpc) is 3.38. The number of likely N-dealkylation sites (tertiary alicyclic amines) is 1. The minimum absolute atomic E-state index is 0.0705. The Morgan fingerprint density at radius 2 is 2.10 bits per heavy atom. The molecule has 2 aromatic carbocycles. The molecular weight excluding hydrogens is 370 g/mol. The number of hydrogen-bond acceptors (Lipinski definition) is 6. The average molecular weight is 393 g/mol. The zero-order chi connectivity index (χ0) is 20.1. The van der Waals surface area contributed by atoms with E-state index in [-0.39, 0.29) is 12.1 Å². The maximum Gasteiger partial charge on any atom is 0.319 e. The summed E-state index contributed by atoms with van der Waals surface area (Å²) in [7, 11) is 1.60. The van der Waals surface area contributed by atoms with Crippen molar-refractivity contribution in [3.8, 4) is 17.2 Å². The number of aromatic nitrogens is 2. The molecule has 1 aliphatic heterocycles. The number of benzene rings is 2. The van der Waals surface area contributed by atoms with E-state index in [4.69, 9.17) is 9.26 Å². The lowest BCUT2D eigenvalue weighted by molar-refractivity contribution is 0.247. The Balaban J connectivity index is 1.27. The summed E-state index contributed by atoms with van der Waals surface area (Å²) in [6, 6.07) is 16.8. The number of urea groups is 1. The van der Waals surface area contributed by atoms with Crippen molar-refractivity contribution in [1.29, 1.82) is 0 Å². The molecule has 2 amide bonds. The highest BCUT2D eigenvalue weighted by atomic mass is 16.5. The number of methoxy groups -OCH3 is 1. The van der Waals surface area contributed by atoms with Crippen LogP contribution in [0.5, 0.6) is 5.75 Å². The maximum atomic E-state index is 12.3. The molecule has 0 unspecified atom stereocenters. The van der Waals surface area contributed by atoms with Crippen molar-refractivity contribution in [1.82, 2.24) is 20.4 Å². The summed E-state index contributed by atoms with van der Waals surface area (Å²) in [5.74, 6) is 1.86. The summed E-state index contributed by atoms with van der Waals surface area (Å²) in [6.07, 6.45) is 0.870. The van der Waals surface area contributed by atoms with Crippen molar-refractivity contribution in [3.05, 3.63) is 60.4 Å². The highest BCUT2D eigenvalue weighted by Gasteiger charge is 2.25. The molecule has 1 aliphatic rings. The Kier molecular flexibility index (Phi) is 5.71. The first-order valence-corrected chi connectivity index (χ1v) is 9.51. The topological polar surface area (TPSA) is 92.5 Å². The Morgan fingerprint density at radius 1 is 1.24 bits per heavy atom. The molecule has 0 saturated carbocycles. The van der Waals surface area contributed by atoms with Crippen LogP contribution in [0.25, 0.3) is 11.5 Å². The molecule has 8 heteroatoms. The lowest BCUT2D eigenvalue weighted by Gasteiger charge is -2.15. The number of rotatable bonds is 6. The van der Waals surface area contributed by atoms with Gasteiger partial charge in [-0.15, -0.1) is 0 Å². The van der Waals surface area contributed by atoms with Crippen LogP contribution in [0.3, 0.4) is 0 Å². The van der Waals surface area contributed by atoms with Gasteiger partial charge in [-0.1, -0.05) is 29.4 Å². The van der Waals surface area contributed by atoms with Gasteiger partial charge in [0.05, 0.1) is 13.7 Å². The van der Waals surface area contributed by atoms with Crippen molar-refractivity contribution in [3.63, 3.8) is 0 Å². The number of amides is 2. The van der Waals surface area contributed by atoms with Crippen LogP contribution in [0.1, 0.15) is 12.2 Å². The lowest BCUT2D eigenvalue weighted by atomic mass is 10.2. The van der Waals surface area contributed by atoms with Crippen LogP contribution in [-0.4, -0.2) is 47.3 Å². The second kappa shape index (κ2) is 8.74. The number of carbonyl (C=O) groups excluding carboxylic acids is 1. The highest BCUT2D eigenvalue weighted by Crippen LogP contribution is 2.19. The van der Waals surface area contributed by atoms with E-state index in [9.17, 15) is 4.79 Å². The van der Waals surface area contributed by atoms with E-state index < -0.39 is 0 Å². The van der Waals surface area contributed by atoms with E-state index in [1.165, 1.54) is 0 Å². The molecule has 1 atom stereocenters. The fourth-order valence-electron chi connectivity index (χ4n) is 3.36. The van der Waals surface area contributed by atoms with Gasteiger partial charge in [-0.2, -0.15) is 4.98 Å². The van der Waals surface area contributed by atoms with Gasteiger partial charge < -0.3 is 19.9 Å². The molecule has 0 radical (unpaired) electrons.